The van der Waals surface area contributed by atoms with Crippen LogP contribution in [0.25, 0.3) is 0 Å². The van der Waals surface area contributed by atoms with Crippen molar-refractivity contribution in [1.82, 2.24) is 0 Å². The van der Waals surface area contributed by atoms with Gasteiger partial charge in [0.15, 0.2) is 0 Å². The molecular weight excluding hydrogens is 256 g/mol. The molecule has 0 amide bonds. The third-order valence-corrected chi connectivity index (χ3v) is 4.51. The Morgan fingerprint density at radius 3 is 2.80 bits per heavy atom. The topological polar surface area (TPSA) is 52.6 Å². The van der Waals surface area contributed by atoms with Crippen LogP contribution in [0.3, 0.4) is 0 Å². The molecule has 1 heterocycles. The molecule has 2 rings (SSSR count). The highest BCUT2D eigenvalue weighted by atomic mass is 16.5. The Kier molecular flexibility index (Phi) is 5.21. The van der Waals surface area contributed by atoms with Gasteiger partial charge >= 0.3 is 11.9 Å². The van der Waals surface area contributed by atoms with Gasteiger partial charge in [0.05, 0.1) is 18.4 Å². The molecule has 0 N–H and O–H groups in total. The zero-order valence-corrected chi connectivity index (χ0v) is 12.3. The minimum atomic E-state index is -0.301. The number of hydrogen-bond acceptors (Lipinski definition) is 4. The molecule has 1 saturated heterocycles. The Morgan fingerprint density at radius 2 is 2.10 bits per heavy atom. The number of hydrogen-bond donors (Lipinski definition) is 0. The highest BCUT2D eigenvalue weighted by Crippen LogP contribution is 2.34. The Bertz CT molecular complexity index is 388. The molecule has 1 aliphatic carbocycles. The van der Waals surface area contributed by atoms with Crippen LogP contribution in [0.15, 0.2) is 12.2 Å². The average Bonchev–Trinajstić information content (AvgIpc) is 2.63. The first kappa shape index (κ1) is 15.1. The van der Waals surface area contributed by atoms with Gasteiger partial charge in [0.2, 0.25) is 0 Å². The van der Waals surface area contributed by atoms with E-state index in [1.165, 1.54) is 0 Å². The van der Waals surface area contributed by atoms with E-state index in [1.807, 2.05) is 13.8 Å². The van der Waals surface area contributed by atoms with Crippen molar-refractivity contribution >= 4 is 11.9 Å². The zero-order valence-electron chi connectivity index (χ0n) is 12.3. The number of fused-ring (bicyclic) bond motifs is 1. The van der Waals surface area contributed by atoms with Gasteiger partial charge in [-0.3, -0.25) is 9.59 Å². The van der Waals surface area contributed by atoms with Crippen LogP contribution in [-0.4, -0.2) is 25.2 Å². The van der Waals surface area contributed by atoms with E-state index in [4.69, 9.17) is 9.47 Å². The van der Waals surface area contributed by atoms with Crippen molar-refractivity contribution in [2.24, 2.45) is 23.7 Å². The highest BCUT2D eigenvalue weighted by molar-refractivity contribution is 5.75. The van der Waals surface area contributed by atoms with Crippen molar-refractivity contribution in [3.05, 3.63) is 12.2 Å². The van der Waals surface area contributed by atoms with E-state index in [2.05, 4.69) is 12.2 Å². The maximum Gasteiger partial charge on any atom is 0.312 e. The number of rotatable bonds is 4. The maximum atomic E-state index is 12.0. The zero-order chi connectivity index (χ0) is 14.5. The van der Waals surface area contributed by atoms with Gasteiger partial charge in [-0.2, -0.15) is 0 Å². The van der Waals surface area contributed by atoms with Crippen LogP contribution in [-0.2, 0) is 19.1 Å². The summed E-state index contributed by atoms with van der Waals surface area (Å²) in [7, 11) is 0. The van der Waals surface area contributed by atoms with Crippen molar-refractivity contribution in [2.45, 2.75) is 39.5 Å². The summed E-state index contributed by atoms with van der Waals surface area (Å²) in [5, 5.41) is 0. The summed E-state index contributed by atoms with van der Waals surface area (Å²) in [6, 6.07) is 0. The second-order valence-corrected chi connectivity index (χ2v) is 5.96. The fraction of sp³-hybridized carbons (Fsp3) is 0.750. The summed E-state index contributed by atoms with van der Waals surface area (Å²) in [6.45, 7) is 4.46. The molecule has 1 aliphatic heterocycles. The summed E-state index contributed by atoms with van der Waals surface area (Å²) in [4.78, 5) is 23.7. The first-order chi connectivity index (χ1) is 9.61. The van der Waals surface area contributed by atoms with E-state index in [0.29, 0.717) is 18.4 Å². The molecule has 112 valence electrons. The van der Waals surface area contributed by atoms with Crippen LogP contribution >= 0.6 is 0 Å². The van der Waals surface area contributed by atoms with Gasteiger partial charge in [-0.15, -0.1) is 0 Å². The third-order valence-electron chi connectivity index (χ3n) is 4.51. The molecule has 4 atom stereocenters. The van der Waals surface area contributed by atoms with Gasteiger partial charge < -0.3 is 9.47 Å². The van der Waals surface area contributed by atoms with Crippen molar-refractivity contribution in [3.8, 4) is 0 Å². The SMILES string of the molecule is CCC(C)C(=O)OCC1CC2CC=CCC2COC1=O. The number of esters is 2. The van der Waals surface area contributed by atoms with Gasteiger partial charge in [0.1, 0.15) is 6.61 Å². The first-order valence-corrected chi connectivity index (χ1v) is 7.60. The van der Waals surface area contributed by atoms with Gasteiger partial charge in [-0.1, -0.05) is 26.0 Å². The molecule has 0 spiro atoms. The molecule has 0 bridgehead atoms. The number of cyclic esters (lactones) is 1. The number of carbonyl (C=O) groups is 2. The minimum Gasteiger partial charge on any atom is -0.465 e. The number of carbonyl (C=O) groups excluding carboxylic acids is 2. The number of ether oxygens (including phenoxy) is 2. The van der Waals surface area contributed by atoms with Gasteiger partial charge in [0, 0.05) is 0 Å². The fourth-order valence-corrected chi connectivity index (χ4v) is 2.82. The van der Waals surface area contributed by atoms with Gasteiger partial charge in [-0.25, -0.2) is 0 Å². The molecule has 0 saturated carbocycles. The lowest BCUT2D eigenvalue weighted by molar-refractivity contribution is -0.156. The van der Waals surface area contributed by atoms with Gasteiger partial charge in [0.25, 0.3) is 0 Å². The predicted molar refractivity (Wildman–Crippen MR) is 74.8 cm³/mol. The van der Waals surface area contributed by atoms with Crippen molar-refractivity contribution < 1.29 is 19.1 Å². The molecule has 0 aromatic rings. The lowest BCUT2D eigenvalue weighted by atomic mass is 9.79. The summed E-state index contributed by atoms with van der Waals surface area (Å²) in [5.74, 6) is 0.0608. The predicted octanol–water partition coefficient (Wildman–Crippen LogP) is 2.72. The lowest BCUT2D eigenvalue weighted by Crippen LogP contribution is -2.26. The van der Waals surface area contributed by atoms with Gasteiger partial charge in [-0.05, 0) is 37.5 Å². The van der Waals surface area contributed by atoms with Crippen molar-refractivity contribution in [3.63, 3.8) is 0 Å². The fourth-order valence-electron chi connectivity index (χ4n) is 2.82. The van der Waals surface area contributed by atoms with Crippen molar-refractivity contribution in [2.75, 3.05) is 13.2 Å². The van der Waals surface area contributed by atoms with E-state index >= 15 is 0 Å². The molecule has 4 nitrogen and oxygen atoms in total. The van der Waals surface area contributed by atoms with E-state index in [1.54, 1.807) is 0 Å². The molecule has 0 aromatic heterocycles. The van der Waals surface area contributed by atoms with Crippen molar-refractivity contribution in [1.29, 1.82) is 0 Å². The van der Waals surface area contributed by atoms with E-state index in [0.717, 1.165) is 25.7 Å². The van der Waals surface area contributed by atoms with Crippen LogP contribution in [0.4, 0.5) is 0 Å². The van der Waals surface area contributed by atoms with Crippen LogP contribution in [0.1, 0.15) is 39.5 Å². The molecule has 4 unspecified atom stereocenters. The second kappa shape index (κ2) is 6.91. The average molecular weight is 280 g/mol. The quantitative estimate of drug-likeness (QED) is 0.587. The highest BCUT2D eigenvalue weighted by Gasteiger charge is 2.35. The minimum absolute atomic E-state index is 0.109. The van der Waals surface area contributed by atoms with Crippen LogP contribution in [0.2, 0.25) is 0 Å². The third kappa shape index (κ3) is 3.62. The number of allylic oxidation sites excluding steroid dienone is 2. The summed E-state index contributed by atoms with van der Waals surface area (Å²) < 4.78 is 10.6. The van der Waals surface area contributed by atoms with E-state index in [-0.39, 0.29) is 30.4 Å². The van der Waals surface area contributed by atoms with E-state index in [9.17, 15) is 9.59 Å². The first-order valence-electron chi connectivity index (χ1n) is 7.60. The summed E-state index contributed by atoms with van der Waals surface area (Å²) in [5.41, 5.74) is 0. The normalized spacial score (nSPS) is 30.9. The lowest BCUT2D eigenvalue weighted by Gasteiger charge is -2.25. The van der Waals surface area contributed by atoms with E-state index < -0.39 is 0 Å². The molecule has 1 fully saturated rings. The Labute approximate surface area is 120 Å². The Morgan fingerprint density at radius 1 is 1.40 bits per heavy atom. The second-order valence-electron chi connectivity index (χ2n) is 5.96. The largest absolute Gasteiger partial charge is 0.465 e. The van der Waals surface area contributed by atoms with Crippen LogP contribution in [0, 0.1) is 23.7 Å². The molecular formula is C16H24O4. The van der Waals surface area contributed by atoms with Crippen LogP contribution < -0.4 is 0 Å². The molecule has 4 heteroatoms. The summed E-state index contributed by atoms with van der Waals surface area (Å²) >= 11 is 0. The monoisotopic (exact) mass is 280 g/mol. The molecule has 20 heavy (non-hydrogen) atoms. The Hall–Kier alpha value is -1.32. The Balaban J connectivity index is 1.91. The maximum absolute atomic E-state index is 12.0. The van der Waals surface area contributed by atoms with Crippen LogP contribution in [0.5, 0.6) is 0 Å². The molecule has 0 radical (unpaired) electrons. The standard InChI is InChI=1S/C16H24O4/c1-3-11(2)15(17)19-10-14-8-12-6-4-5-7-13(12)9-20-16(14)18/h4-5,11-14H,3,6-10H2,1-2H3. The molecule has 2 aliphatic rings. The molecule has 0 aromatic carbocycles. The smallest absolute Gasteiger partial charge is 0.312 e. The summed E-state index contributed by atoms with van der Waals surface area (Å²) in [6.07, 6.45) is 7.84.